The third-order valence-corrected chi connectivity index (χ3v) is 6.48. The molecule has 0 fully saturated rings. The molecule has 0 saturated heterocycles. The largest absolute Gasteiger partial charge is 0.450 e. The van der Waals surface area contributed by atoms with Gasteiger partial charge in [0.1, 0.15) is 5.58 Å². The second-order valence-electron chi connectivity index (χ2n) is 6.94. The molecule has 7 heteroatoms. The Hall–Kier alpha value is -2.96. The fourth-order valence-electron chi connectivity index (χ4n) is 3.65. The first-order valence-electron chi connectivity index (χ1n) is 9.04. The van der Waals surface area contributed by atoms with E-state index in [-0.39, 0.29) is 17.1 Å². The van der Waals surface area contributed by atoms with Crippen LogP contribution in [0.3, 0.4) is 0 Å². The Balaban J connectivity index is 1.83. The highest BCUT2D eigenvalue weighted by Crippen LogP contribution is 2.42. The van der Waals surface area contributed by atoms with Crippen molar-refractivity contribution in [3.8, 4) is 0 Å². The number of rotatable bonds is 2. The summed E-state index contributed by atoms with van der Waals surface area (Å²) < 4.78 is 5.92. The molecule has 0 radical (unpaired) electrons. The van der Waals surface area contributed by atoms with Gasteiger partial charge in [-0.3, -0.25) is 14.5 Å². The number of thiazole rings is 1. The Morgan fingerprint density at radius 2 is 1.86 bits per heavy atom. The maximum Gasteiger partial charge on any atom is 0.297 e. The van der Waals surface area contributed by atoms with E-state index in [9.17, 15) is 9.59 Å². The molecule has 29 heavy (non-hydrogen) atoms. The van der Waals surface area contributed by atoms with Crippen LogP contribution >= 0.6 is 22.9 Å². The van der Waals surface area contributed by atoms with Crippen molar-refractivity contribution in [1.29, 1.82) is 0 Å². The summed E-state index contributed by atoms with van der Waals surface area (Å²) in [5.74, 6) is -0.305. The van der Waals surface area contributed by atoms with Crippen molar-refractivity contribution in [3.63, 3.8) is 0 Å². The van der Waals surface area contributed by atoms with Gasteiger partial charge in [0.05, 0.1) is 22.7 Å². The van der Waals surface area contributed by atoms with E-state index in [1.807, 2.05) is 44.2 Å². The van der Waals surface area contributed by atoms with Gasteiger partial charge in [0.15, 0.2) is 10.6 Å². The van der Waals surface area contributed by atoms with Crippen molar-refractivity contribution < 1.29 is 9.21 Å². The van der Waals surface area contributed by atoms with Crippen LogP contribution in [0.4, 0.5) is 5.13 Å². The molecule has 2 aromatic heterocycles. The van der Waals surface area contributed by atoms with Gasteiger partial charge in [0, 0.05) is 9.90 Å². The molecule has 4 aromatic rings. The quantitative estimate of drug-likeness (QED) is 0.441. The van der Waals surface area contributed by atoms with Gasteiger partial charge >= 0.3 is 0 Å². The van der Waals surface area contributed by atoms with E-state index in [0.717, 1.165) is 16.1 Å². The van der Waals surface area contributed by atoms with Crippen molar-refractivity contribution in [2.24, 2.45) is 0 Å². The maximum atomic E-state index is 13.4. The number of hydrogen-bond donors (Lipinski definition) is 0. The molecule has 1 atom stereocenters. The molecule has 0 bridgehead atoms. The van der Waals surface area contributed by atoms with Gasteiger partial charge in [0.25, 0.3) is 5.91 Å². The van der Waals surface area contributed by atoms with E-state index in [2.05, 4.69) is 4.98 Å². The van der Waals surface area contributed by atoms with Crippen molar-refractivity contribution in [1.82, 2.24) is 4.98 Å². The van der Waals surface area contributed by atoms with Crippen LogP contribution in [0, 0.1) is 13.8 Å². The van der Waals surface area contributed by atoms with Gasteiger partial charge in [-0.2, -0.15) is 0 Å². The zero-order valence-electron chi connectivity index (χ0n) is 15.6. The minimum atomic E-state index is -0.608. The standard InChI is InChI=1S/C22H15ClN2O3S/c1-11-12(2)29-22(24-11)25-18(13-6-4-3-5-7-13)17-19(26)15-10-14(23)8-9-16(15)28-20(17)21(25)27/h3-10,18H,1-2H3/t18-/m1/s1. The average Bonchev–Trinajstić information content (AvgIpc) is 3.20. The Morgan fingerprint density at radius 3 is 2.55 bits per heavy atom. The Labute approximate surface area is 175 Å². The summed E-state index contributed by atoms with van der Waals surface area (Å²) in [6, 6.07) is 13.7. The molecular weight excluding hydrogens is 408 g/mol. The van der Waals surface area contributed by atoms with E-state index >= 15 is 0 Å². The number of halogens is 1. The third-order valence-electron chi connectivity index (χ3n) is 5.17. The summed E-state index contributed by atoms with van der Waals surface area (Å²) in [6.07, 6.45) is 0. The van der Waals surface area contributed by atoms with E-state index in [1.165, 1.54) is 11.3 Å². The van der Waals surface area contributed by atoms with E-state index in [0.29, 0.717) is 26.7 Å². The summed E-state index contributed by atoms with van der Waals surface area (Å²) >= 11 is 7.53. The number of benzene rings is 2. The highest BCUT2D eigenvalue weighted by molar-refractivity contribution is 7.15. The van der Waals surface area contributed by atoms with Gasteiger partial charge in [-0.15, -0.1) is 11.3 Å². The van der Waals surface area contributed by atoms with Crippen LogP contribution in [0.5, 0.6) is 0 Å². The van der Waals surface area contributed by atoms with Crippen LogP contribution in [0.15, 0.2) is 57.7 Å². The zero-order valence-corrected chi connectivity index (χ0v) is 17.2. The van der Waals surface area contributed by atoms with Crippen LogP contribution in [0.2, 0.25) is 5.02 Å². The van der Waals surface area contributed by atoms with Crippen LogP contribution in [-0.4, -0.2) is 10.9 Å². The number of anilines is 1. The maximum absolute atomic E-state index is 13.4. The molecule has 0 unspecified atom stereocenters. The minimum absolute atomic E-state index is 0.0594. The van der Waals surface area contributed by atoms with E-state index < -0.39 is 6.04 Å². The number of fused-ring (bicyclic) bond motifs is 2. The molecule has 0 N–H and O–H groups in total. The Bertz CT molecular complexity index is 1320. The van der Waals surface area contributed by atoms with Crippen LogP contribution in [-0.2, 0) is 0 Å². The number of carbonyl (C=O) groups excluding carboxylic acids is 1. The first kappa shape index (κ1) is 18.1. The number of hydrogen-bond acceptors (Lipinski definition) is 5. The average molecular weight is 423 g/mol. The highest BCUT2D eigenvalue weighted by atomic mass is 35.5. The lowest BCUT2D eigenvalue weighted by Gasteiger charge is -2.22. The molecule has 5 rings (SSSR count). The summed E-state index contributed by atoms with van der Waals surface area (Å²) in [5.41, 5.74) is 2.09. The Kier molecular flexibility index (Phi) is 4.08. The number of aryl methyl sites for hydroxylation is 2. The number of nitrogens with zero attached hydrogens (tertiary/aromatic N) is 2. The molecule has 0 saturated carbocycles. The normalized spacial score (nSPS) is 15.9. The van der Waals surface area contributed by atoms with Crippen LogP contribution in [0.25, 0.3) is 11.0 Å². The van der Waals surface area contributed by atoms with Gasteiger partial charge < -0.3 is 4.42 Å². The summed E-state index contributed by atoms with van der Waals surface area (Å²) in [6.45, 7) is 3.86. The number of amides is 1. The molecule has 144 valence electrons. The fraction of sp³-hybridized carbons (Fsp3) is 0.136. The first-order valence-corrected chi connectivity index (χ1v) is 10.2. The predicted octanol–water partition coefficient (Wildman–Crippen LogP) is 5.27. The minimum Gasteiger partial charge on any atom is -0.450 e. The van der Waals surface area contributed by atoms with Crippen molar-refractivity contribution in [2.45, 2.75) is 19.9 Å². The van der Waals surface area contributed by atoms with Crippen molar-refractivity contribution >= 4 is 44.9 Å². The Morgan fingerprint density at radius 1 is 1.10 bits per heavy atom. The number of carbonyl (C=O) groups is 1. The molecule has 0 aliphatic carbocycles. The molecular formula is C22H15ClN2O3S. The van der Waals surface area contributed by atoms with Crippen LogP contribution < -0.4 is 10.3 Å². The molecule has 3 heterocycles. The molecule has 0 spiro atoms. The lowest BCUT2D eigenvalue weighted by molar-refractivity contribution is 0.0971. The molecule has 1 aliphatic rings. The first-order chi connectivity index (χ1) is 14.0. The second kappa shape index (κ2) is 6.54. The van der Waals surface area contributed by atoms with Crippen molar-refractivity contribution in [3.05, 3.63) is 91.2 Å². The van der Waals surface area contributed by atoms with E-state index in [4.69, 9.17) is 16.0 Å². The van der Waals surface area contributed by atoms with Crippen LogP contribution in [0.1, 0.15) is 38.3 Å². The second-order valence-corrected chi connectivity index (χ2v) is 8.56. The lowest BCUT2D eigenvalue weighted by Crippen LogP contribution is -2.29. The topological polar surface area (TPSA) is 63.4 Å². The van der Waals surface area contributed by atoms with Crippen molar-refractivity contribution in [2.75, 3.05) is 4.90 Å². The van der Waals surface area contributed by atoms with Gasteiger partial charge in [-0.1, -0.05) is 41.9 Å². The number of aromatic nitrogens is 1. The van der Waals surface area contributed by atoms with Gasteiger partial charge in [0.2, 0.25) is 5.76 Å². The smallest absolute Gasteiger partial charge is 0.297 e. The zero-order chi connectivity index (χ0) is 20.3. The summed E-state index contributed by atoms with van der Waals surface area (Å²) in [4.78, 5) is 34.0. The SMILES string of the molecule is Cc1nc(N2C(=O)c3oc4ccc(Cl)cc4c(=O)c3[C@H]2c2ccccc2)sc1C. The molecule has 2 aromatic carbocycles. The predicted molar refractivity (Wildman–Crippen MR) is 114 cm³/mol. The fourth-order valence-corrected chi connectivity index (χ4v) is 4.76. The molecule has 5 nitrogen and oxygen atoms in total. The molecule has 1 amide bonds. The van der Waals surface area contributed by atoms with E-state index in [1.54, 1.807) is 23.1 Å². The van der Waals surface area contributed by atoms with Gasteiger partial charge in [-0.05, 0) is 37.6 Å². The summed E-state index contributed by atoms with van der Waals surface area (Å²) in [7, 11) is 0. The summed E-state index contributed by atoms with van der Waals surface area (Å²) in [5, 5.41) is 1.35. The molecule has 1 aliphatic heterocycles. The highest BCUT2D eigenvalue weighted by Gasteiger charge is 2.44. The third kappa shape index (κ3) is 2.71. The lowest BCUT2D eigenvalue weighted by atomic mass is 9.99. The monoisotopic (exact) mass is 422 g/mol. The van der Waals surface area contributed by atoms with Gasteiger partial charge in [-0.25, -0.2) is 4.98 Å².